The Labute approximate surface area is 245 Å². The van der Waals surface area contributed by atoms with Gasteiger partial charge in [-0.05, 0) is 80.6 Å². The van der Waals surface area contributed by atoms with Crippen LogP contribution in [0.25, 0.3) is 71.9 Å². The molecule has 42 heavy (non-hydrogen) atoms. The minimum absolute atomic E-state index is 0.943. The van der Waals surface area contributed by atoms with Crippen molar-refractivity contribution < 1.29 is 0 Å². The van der Waals surface area contributed by atoms with Crippen LogP contribution < -0.4 is 0 Å². The van der Waals surface area contributed by atoms with Gasteiger partial charge in [0, 0.05) is 11.3 Å². The Morgan fingerprint density at radius 3 is 1.62 bits per heavy atom. The molecule has 0 aliphatic carbocycles. The lowest BCUT2D eigenvalue weighted by molar-refractivity contribution is 1.10. The van der Waals surface area contributed by atoms with E-state index in [1.165, 1.54) is 49.4 Å². The fraction of sp³-hybridized carbons (Fsp3) is 0.0250. The third kappa shape index (κ3) is 4.08. The zero-order valence-corrected chi connectivity index (χ0v) is 23.3. The molecular weight excluding hydrogens is 508 g/mol. The largest absolute Gasteiger partial charge is 0.292 e. The predicted octanol–water partition coefficient (Wildman–Crippen LogP) is 10.6. The van der Waals surface area contributed by atoms with Gasteiger partial charge in [-0.25, -0.2) is 4.98 Å². The molecule has 0 aliphatic heterocycles. The molecule has 0 amide bonds. The maximum atomic E-state index is 5.16. The van der Waals surface area contributed by atoms with Crippen LogP contribution >= 0.6 is 0 Å². The number of rotatable bonds is 4. The summed E-state index contributed by atoms with van der Waals surface area (Å²) in [7, 11) is 0. The summed E-state index contributed by atoms with van der Waals surface area (Å²) in [6.07, 6.45) is 0. The lowest BCUT2D eigenvalue weighted by atomic mass is 9.97. The number of nitrogens with zero attached hydrogens (tertiary/aromatic N) is 2. The van der Waals surface area contributed by atoms with Gasteiger partial charge in [0.05, 0.1) is 11.0 Å². The highest BCUT2D eigenvalue weighted by molar-refractivity contribution is 5.98. The smallest absolute Gasteiger partial charge is 0.145 e. The normalized spacial score (nSPS) is 11.5. The maximum absolute atomic E-state index is 5.16. The van der Waals surface area contributed by atoms with E-state index >= 15 is 0 Å². The summed E-state index contributed by atoms with van der Waals surface area (Å²) in [4.78, 5) is 5.16. The molecule has 198 valence electrons. The van der Waals surface area contributed by atoms with E-state index in [4.69, 9.17) is 4.98 Å². The number of aromatic nitrogens is 2. The molecule has 0 radical (unpaired) electrons. The fourth-order valence-electron chi connectivity index (χ4n) is 6.19. The van der Waals surface area contributed by atoms with Crippen LogP contribution in [-0.4, -0.2) is 9.55 Å². The third-order valence-corrected chi connectivity index (χ3v) is 8.28. The first-order chi connectivity index (χ1) is 20.7. The molecule has 7 aromatic carbocycles. The molecule has 1 heterocycles. The second kappa shape index (κ2) is 9.87. The average Bonchev–Trinajstić information content (AvgIpc) is 3.43. The summed E-state index contributed by atoms with van der Waals surface area (Å²) < 4.78 is 2.29. The summed E-state index contributed by atoms with van der Waals surface area (Å²) in [6, 6.07) is 54.4. The van der Waals surface area contributed by atoms with Gasteiger partial charge in [-0.1, -0.05) is 127 Å². The van der Waals surface area contributed by atoms with Gasteiger partial charge < -0.3 is 0 Å². The van der Waals surface area contributed by atoms with Crippen molar-refractivity contribution in [2.45, 2.75) is 6.92 Å². The first kappa shape index (κ1) is 24.3. The second-order valence-corrected chi connectivity index (χ2v) is 10.9. The fourth-order valence-corrected chi connectivity index (χ4v) is 6.19. The first-order valence-electron chi connectivity index (χ1n) is 14.4. The highest BCUT2D eigenvalue weighted by Gasteiger charge is 2.16. The van der Waals surface area contributed by atoms with Crippen molar-refractivity contribution in [3.05, 3.63) is 157 Å². The molecule has 0 saturated heterocycles. The summed E-state index contributed by atoms with van der Waals surface area (Å²) in [5.41, 5.74) is 10.4. The summed E-state index contributed by atoms with van der Waals surface area (Å²) in [5.74, 6) is 0.943. The lowest BCUT2D eigenvalue weighted by Gasteiger charge is -2.13. The van der Waals surface area contributed by atoms with E-state index in [0.717, 1.165) is 28.1 Å². The standard InChI is InChI=1S/C40H28N2/c1-27-16-25-39-38(26-27)41-40(32-19-17-30(18-20-32)36-14-6-10-28-8-2-4-12-34(28)36)42(39)33-23-21-31(22-24-33)37-15-7-11-29-9-3-5-13-35(29)37/h2-26H,1H3. The van der Waals surface area contributed by atoms with Crippen molar-refractivity contribution in [1.82, 2.24) is 9.55 Å². The Morgan fingerprint density at radius 2 is 1.00 bits per heavy atom. The average molecular weight is 537 g/mol. The number of benzene rings is 7. The molecule has 8 aromatic rings. The van der Waals surface area contributed by atoms with Crippen LogP contribution in [0, 0.1) is 6.92 Å². The topological polar surface area (TPSA) is 17.8 Å². The van der Waals surface area contributed by atoms with E-state index in [2.05, 4.69) is 163 Å². The van der Waals surface area contributed by atoms with E-state index in [1.54, 1.807) is 0 Å². The number of fused-ring (bicyclic) bond motifs is 3. The summed E-state index contributed by atoms with van der Waals surface area (Å²) in [6.45, 7) is 2.12. The van der Waals surface area contributed by atoms with Crippen molar-refractivity contribution in [2.75, 3.05) is 0 Å². The van der Waals surface area contributed by atoms with E-state index in [0.29, 0.717) is 0 Å². The zero-order chi connectivity index (χ0) is 28.0. The van der Waals surface area contributed by atoms with Crippen LogP contribution in [0.1, 0.15) is 5.56 Å². The first-order valence-corrected chi connectivity index (χ1v) is 14.4. The second-order valence-electron chi connectivity index (χ2n) is 10.9. The van der Waals surface area contributed by atoms with E-state index in [1.807, 2.05) is 0 Å². The van der Waals surface area contributed by atoms with Gasteiger partial charge in [0.15, 0.2) is 0 Å². The summed E-state index contributed by atoms with van der Waals surface area (Å²) >= 11 is 0. The number of imidazole rings is 1. The minimum Gasteiger partial charge on any atom is -0.292 e. The molecule has 2 nitrogen and oxygen atoms in total. The number of hydrogen-bond donors (Lipinski definition) is 0. The Morgan fingerprint density at radius 1 is 0.476 bits per heavy atom. The van der Waals surface area contributed by atoms with Crippen molar-refractivity contribution in [1.29, 1.82) is 0 Å². The molecule has 0 N–H and O–H groups in total. The Hall–Kier alpha value is -5.47. The SMILES string of the molecule is Cc1ccc2c(c1)nc(-c1ccc(-c3cccc4ccccc34)cc1)n2-c1ccc(-c2cccc3ccccc23)cc1. The van der Waals surface area contributed by atoms with E-state index in [9.17, 15) is 0 Å². The van der Waals surface area contributed by atoms with Crippen molar-refractivity contribution in [3.63, 3.8) is 0 Å². The molecule has 0 spiro atoms. The third-order valence-electron chi connectivity index (χ3n) is 8.28. The van der Waals surface area contributed by atoms with Gasteiger partial charge in [0.1, 0.15) is 5.82 Å². The van der Waals surface area contributed by atoms with Gasteiger partial charge in [-0.3, -0.25) is 4.57 Å². The van der Waals surface area contributed by atoms with Crippen molar-refractivity contribution in [2.24, 2.45) is 0 Å². The van der Waals surface area contributed by atoms with Gasteiger partial charge in [-0.15, -0.1) is 0 Å². The van der Waals surface area contributed by atoms with Crippen molar-refractivity contribution >= 4 is 32.6 Å². The molecule has 0 fully saturated rings. The van der Waals surface area contributed by atoms with E-state index < -0.39 is 0 Å². The Bertz CT molecular complexity index is 2230. The van der Waals surface area contributed by atoms with Crippen LogP contribution in [0.5, 0.6) is 0 Å². The maximum Gasteiger partial charge on any atom is 0.145 e. The Kier molecular flexibility index (Phi) is 5.72. The predicted molar refractivity (Wildman–Crippen MR) is 177 cm³/mol. The molecule has 0 saturated carbocycles. The molecule has 2 heteroatoms. The minimum atomic E-state index is 0.943. The van der Waals surface area contributed by atoms with Gasteiger partial charge >= 0.3 is 0 Å². The molecule has 8 rings (SSSR count). The van der Waals surface area contributed by atoms with Crippen LogP contribution in [-0.2, 0) is 0 Å². The summed E-state index contributed by atoms with van der Waals surface area (Å²) in [5, 5.41) is 5.04. The molecule has 0 bridgehead atoms. The number of aryl methyl sites for hydroxylation is 1. The van der Waals surface area contributed by atoms with E-state index in [-0.39, 0.29) is 0 Å². The molecule has 0 unspecified atom stereocenters. The monoisotopic (exact) mass is 536 g/mol. The zero-order valence-electron chi connectivity index (χ0n) is 23.3. The molecule has 0 atom stereocenters. The molecular formula is C40H28N2. The van der Waals surface area contributed by atoms with Gasteiger partial charge in [0.2, 0.25) is 0 Å². The van der Waals surface area contributed by atoms with Crippen LogP contribution in [0.2, 0.25) is 0 Å². The van der Waals surface area contributed by atoms with Gasteiger partial charge in [-0.2, -0.15) is 0 Å². The highest BCUT2D eigenvalue weighted by Crippen LogP contribution is 2.34. The van der Waals surface area contributed by atoms with Gasteiger partial charge in [0.25, 0.3) is 0 Å². The quantitative estimate of drug-likeness (QED) is 0.219. The highest BCUT2D eigenvalue weighted by atomic mass is 15.1. The Balaban J connectivity index is 1.24. The van der Waals surface area contributed by atoms with Crippen LogP contribution in [0.4, 0.5) is 0 Å². The lowest BCUT2D eigenvalue weighted by Crippen LogP contribution is -1.98. The molecule has 0 aliphatic rings. The van der Waals surface area contributed by atoms with Crippen LogP contribution in [0.15, 0.2) is 152 Å². The molecule has 1 aromatic heterocycles. The van der Waals surface area contributed by atoms with Crippen molar-refractivity contribution in [3.8, 4) is 39.3 Å². The number of hydrogen-bond acceptors (Lipinski definition) is 1. The van der Waals surface area contributed by atoms with Crippen LogP contribution in [0.3, 0.4) is 0 Å².